The van der Waals surface area contributed by atoms with Gasteiger partial charge < -0.3 is 20.3 Å². The normalized spacial score (nSPS) is 12.5. The Labute approximate surface area is 127 Å². The quantitative estimate of drug-likeness (QED) is 0.761. The van der Waals surface area contributed by atoms with Crippen molar-refractivity contribution in [1.29, 1.82) is 0 Å². The van der Waals surface area contributed by atoms with Crippen LogP contribution in [0.4, 0.5) is 0 Å². The molecule has 21 heavy (non-hydrogen) atoms. The van der Waals surface area contributed by atoms with E-state index in [9.17, 15) is 4.79 Å². The van der Waals surface area contributed by atoms with E-state index in [1.807, 2.05) is 52.2 Å². The zero-order valence-corrected chi connectivity index (χ0v) is 13.6. The van der Waals surface area contributed by atoms with E-state index in [-0.39, 0.29) is 11.9 Å². The zero-order valence-electron chi connectivity index (χ0n) is 13.6. The topological polar surface area (TPSA) is 53.6 Å². The Balaban J connectivity index is 2.63. The molecule has 118 valence electrons. The lowest BCUT2D eigenvalue weighted by Crippen LogP contribution is -2.40. The Morgan fingerprint density at radius 1 is 1.33 bits per heavy atom. The number of ether oxygens (including phenoxy) is 1. The third-order valence-corrected chi connectivity index (χ3v) is 3.27. The Morgan fingerprint density at radius 2 is 2.05 bits per heavy atom. The van der Waals surface area contributed by atoms with Crippen LogP contribution in [-0.4, -0.2) is 51.1 Å². The molecule has 0 aliphatic heterocycles. The molecule has 0 aromatic heterocycles. The van der Waals surface area contributed by atoms with Crippen molar-refractivity contribution in [2.45, 2.75) is 25.9 Å². The Bertz CT molecular complexity index is 447. The molecule has 1 unspecified atom stereocenters. The van der Waals surface area contributed by atoms with E-state index in [0.717, 1.165) is 11.3 Å². The molecule has 0 saturated carbocycles. The number of methoxy groups -OCH3 is 1. The van der Waals surface area contributed by atoms with Crippen LogP contribution in [0.15, 0.2) is 24.3 Å². The number of nitrogens with zero attached hydrogens (tertiary/aromatic N) is 1. The summed E-state index contributed by atoms with van der Waals surface area (Å²) in [5.41, 5.74) is 1.12. The highest BCUT2D eigenvalue weighted by Crippen LogP contribution is 2.21. The second kappa shape index (κ2) is 8.64. The number of rotatable bonds is 8. The standard InChI is InChI=1S/C16H27N3O2/c1-12(2)17-11-16(20)18-10-15(19(3)4)13-7-6-8-14(9-13)21-5/h6-9,12,15,17H,10-11H2,1-5H3,(H,18,20). The summed E-state index contributed by atoms with van der Waals surface area (Å²) in [5.74, 6) is 0.839. The van der Waals surface area contributed by atoms with Gasteiger partial charge in [-0.15, -0.1) is 0 Å². The van der Waals surface area contributed by atoms with Gasteiger partial charge in [0.05, 0.1) is 19.7 Å². The zero-order chi connectivity index (χ0) is 15.8. The van der Waals surface area contributed by atoms with Crippen LogP contribution in [0.1, 0.15) is 25.5 Å². The number of benzene rings is 1. The van der Waals surface area contributed by atoms with Crippen molar-refractivity contribution in [3.05, 3.63) is 29.8 Å². The minimum absolute atomic E-state index is 0.0125. The molecule has 0 bridgehead atoms. The van der Waals surface area contributed by atoms with Crippen molar-refractivity contribution in [3.8, 4) is 5.75 Å². The van der Waals surface area contributed by atoms with Crippen molar-refractivity contribution in [2.75, 3.05) is 34.3 Å². The summed E-state index contributed by atoms with van der Waals surface area (Å²) >= 11 is 0. The van der Waals surface area contributed by atoms with Gasteiger partial charge in [0.2, 0.25) is 5.91 Å². The molecule has 0 aliphatic rings. The van der Waals surface area contributed by atoms with Crippen LogP contribution in [0.25, 0.3) is 0 Å². The molecule has 0 saturated heterocycles. The van der Waals surface area contributed by atoms with Crippen molar-refractivity contribution in [3.63, 3.8) is 0 Å². The molecule has 0 heterocycles. The first-order valence-corrected chi connectivity index (χ1v) is 7.24. The van der Waals surface area contributed by atoms with Gasteiger partial charge in [-0.2, -0.15) is 0 Å². The molecule has 0 radical (unpaired) electrons. The van der Waals surface area contributed by atoms with E-state index in [1.165, 1.54) is 0 Å². The molecule has 2 N–H and O–H groups in total. The van der Waals surface area contributed by atoms with Crippen LogP contribution in [0.5, 0.6) is 5.75 Å². The summed E-state index contributed by atoms with van der Waals surface area (Å²) in [5, 5.41) is 6.08. The van der Waals surface area contributed by atoms with E-state index in [0.29, 0.717) is 19.1 Å². The number of hydrogen-bond acceptors (Lipinski definition) is 4. The fourth-order valence-electron chi connectivity index (χ4n) is 2.02. The number of amides is 1. The largest absolute Gasteiger partial charge is 0.497 e. The molecule has 1 amide bonds. The number of carbonyl (C=O) groups excluding carboxylic acids is 1. The summed E-state index contributed by atoms with van der Waals surface area (Å²) in [6.45, 7) is 4.95. The van der Waals surface area contributed by atoms with Crippen LogP contribution >= 0.6 is 0 Å². The molecule has 5 nitrogen and oxygen atoms in total. The highest BCUT2D eigenvalue weighted by Gasteiger charge is 2.15. The maximum absolute atomic E-state index is 11.8. The predicted octanol–water partition coefficient (Wildman–Crippen LogP) is 1.41. The molecule has 1 rings (SSSR count). The van der Waals surface area contributed by atoms with E-state index < -0.39 is 0 Å². The minimum Gasteiger partial charge on any atom is -0.497 e. The van der Waals surface area contributed by atoms with Crippen molar-refractivity contribution < 1.29 is 9.53 Å². The first kappa shape index (κ1) is 17.5. The summed E-state index contributed by atoms with van der Waals surface area (Å²) < 4.78 is 5.26. The van der Waals surface area contributed by atoms with E-state index in [1.54, 1.807) is 7.11 Å². The van der Waals surface area contributed by atoms with Crippen LogP contribution in [0.3, 0.4) is 0 Å². The van der Waals surface area contributed by atoms with Crippen molar-refractivity contribution >= 4 is 5.91 Å². The Kier molecular flexibility index (Phi) is 7.19. The van der Waals surface area contributed by atoms with Crippen LogP contribution in [0, 0.1) is 0 Å². The fraction of sp³-hybridized carbons (Fsp3) is 0.562. The maximum Gasteiger partial charge on any atom is 0.234 e. The van der Waals surface area contributed by atoms with Gasteiger partial charge in [-0.3, -0.25) is 4.79 Å². The molecule has 0 spiro atoms. The van der Waals surface area contributed by atoms with Gasteiger partial charge in [-0.1, -0.05) is 26.0 Å². The monoisotopic (exact) mass is 293 g/mol. The smallest absolute Gasteiger partial charge is 0.234 e. The average molecular weight is 293 g/mol. The molecule has 0 aliphatic carbocycles. The first-order chi connectivity index (χ1) is 9.93. The second-order valence-electron chi connectivity index (χ2n) is 5.60. The molecule has 1 aromatic carbocycles. The lowest BCUT2D eigenvalue weighted by atomic mass is 10.1. The first-order valence-electron chi connectivity index (χ1n) is 7.24. The summed E-state index contributed by atoms with van der Waals surface area (Å²) in [6, 6.07) is 8.35. The minimum atomic E-state index is 0.0125. The number of hydrogen-bond donors (Lipinski definition) is 2. The highest BCUT2D eigenvalue weighted by atomic mass is 16.5. The van der Waals surface area contributed by atoms with Gasteiger partial charge in [0.15, 0.2) is 0 Å². The third-order valence-electron chi connectivity index (χ3n) is 3.27. The van der Waals surface area contributed by atoms with Gasteiger partial charge in [-0.25, -0.2) is 0 Å². The van der Waals surface area contributed by atoms with Gasteiger partial charge in [0, 0.05) is 12.6 Å². The van der Waals surface area contributed by atoms with E-state index >= 15 is 0 Å². The predicted molar refractivity (Wildman–Crippen MR) is 85.6 cm³/mol. The number of likely N-dealkylation sites (N-methyl/N-ethyl adjacent to an activating group) is 1. The molecule has 1 aromatic rings. The highest BCUT2D eigenvalue weighted by molar-refractivity contribution is 5.78. The second-order valence-corrected chi connectivity index (χ2v) is 5.60. The van der Waals surface area contributed by atoms with Crippen LogP contribution < -0.4 is 15.4 Å². The van der Waals surface area contributed by atoms with Crippen LogP contribution in [0.2, 0.25) is 0 Å². The van der Waals surface area contributed by atoms with Gasteiger partial charge in [0.25, 0.3) is 0 Å². The molecular weight excluding hydrogens is 266 g/mol. The lowest BCUT2D eigenvalue weighted by molar-refractivity contribution is -0.120. The molecule has 0 fully saturated rings. The van der Waals surface area contributed by atoms with E-state index in [4.69, 9.17) is 4.74 Å². The Morgan fingerprint density at radius 3 is 2.62 bits per heavy atom. The average Bonchev–Trinajstić information content (AvgIpc) is 2.45. The Hall–Kier alpha value is -1.59. The van der Waals surface area contributed by atoms with Crippen LogP contribution in [-0.2, 0) is 4.79 Å². The third kappa shape index (κ3) is 6.14. The molecular formula is C16H27N3O2. The maximum atomic E-state index is 11.8. The van der Waals surface area contributed by atoms with Gasteiger partial charge in [-0.05, 0) is 31.8 Å². The number of carbonyl (C=O) groups is 1. The molecule has 1 atom stereocenters. The fourth-order valence-corrected chi connectivity index (χ4v) is 2.02. The summed E-state index contributed by atoms with van der Waals surface area (Å²) in [6.07, 6.45) is 0. The summed E-state index contributed by atoms with van der Waals surface area (Å²) in [7, 11) is 5.66. The van der Waals surface area contributed by atoms with Crippen molar-refractivity contribution in [2.24, 2.45) is 0 Å². The SMILES string of the molecule is COc1cccc(C(CNC(=O)CNC(C)C)N(C)C)c1. The molecule has 5 heteroatoms. The van der Waals surface area contributed by atoms with Crippen molar-refractivity contribution in [1.82, 2.24) is 15.5 Å². The number of nitrogens with one attached hydrogen (secondary N) is 2. The lowest BCUT2D eigenvalue weighted by Gasteiger charge is -2.25. The van der Waals surface area contributed by atoms with E-state index in [2.05, 4.69) is 15.5 Å². The van der Waals surface area contributed by atoms with Gasteiger partial charge >= 0.3 is 0 Å². The summed E-state index contributed by atoms with van der Waals surface area (Å²) in [4.78, 5) is 13.9. The van der Waals surface area contributed by atoms with Gasteiger partial charge in [0.1, 0.15) is 5.75 Å².